The summed E-state index contributed by atoms with van der Waals surface area (Å²) >= 11 is 0. The van der Waals surface area contributed by atoms with Gasteiger partial charge in [-0.15, -0.1) is 10.2 Å². The third-order valence-corrected chi connectivity index (χ3v) is 3.59. The van der Waals surface area contributed by atoms with Crippen molar-refractivity contribution in [3.8, 4) is 17.2 Å². The van der Waals surface area contributed by atoms with Gasteiger partial charge in [0.2, 0.25) is 5.89 Å². The number of hydrogen-bond acceptors (Lipinski definition) is 8. The third-order valence-electron chi connectivity index (χ3n) is 3.59. The van der Waals surface area contributed by atoms with Gasteiger partial charge >= 0.3 is 5.97 Å². The fourth-order valence-corrected chi connectivity index (χ4v) is 2.20. The first-order valence-corrected chi connectivity index (χ1v) is 8.08. The van der Waals surface area contributed by atoms with Crippen LogP contribution in [0.3, 0.4) is 0 Å². The normalized spacial score (nSPS) is 11.6. The van der Waals surface area contributed by atoms with E-state index in [1.54, 1.807) is 6.92 Å². The van der Waals surface area contributed by atoms with E-state index in [-0.39, 0.29) is 24.1 Å². The lowest BCUT2D eigenvalue weighted by Gasteiger charge is -2.10. The first-order valence-electron chi connectivity index (χ1n) is 8.08. The zero-order chi connectivity index (χ0) is 20.1. The van der Waals surface area contributed by atoms with Crippen molar-refractivity contribution < 1.29 is 28.0 Å². The second-order valence-corrected chi connectivity index (χ2v) is 5.62. The molecular weight excluding hydrogens is 373 g/mol. The van der Waals surface area contributed by atoms with Crippen molar-refractivity contribution in [3.05, 3.63) is 70.4 Å². The molecule has 0 unspecified atom stereocenters. The third kappa shape index (κ3) is 4.67. The van der Waals surface area contributed by atoms with Crippen molar-refractivity contribution in [1.29, 1.82) is 0 Å². The number of ether oxygens (including phenoxy) is 2. The Morgan fingerprint density at radius 2 is 1.86 bits per heavy atom. The van der Waals surface area contributed by atoms with E-state index in [2.05, 4.69) is 10.2 Å². The van der Waals surface area contributed by atoms with Crippen LogP contribution in [0, 0.1) is 15.9 Å². The molecule has 9 nitrogen and oxygen atoms in total. The van der Waals surface area contributed by atoms with Gasteiger partial charge in [0.1, 0.15) is 11.6 Å². The number of aromatic nitrogens is 2. The highest BCUT2D eigenvalue weighted by Gasteiger charge is 2.19. The topological polar surface area (TPSA) is 118 Å². The number of hydrogen-bond donors (Lipinski definition) is 0. The molecule has 0 aliphatic carbocycles. The van der Waals surface area contributed by atoms with E-state index in [0.717, 1.165) is 0 Å². The molecule has 0 aliphatic rings. The molecule has 0 fully saturated rings. The van der Waals surface area contributed by atoms with Crippen LogP contribution in [0.1, 0.15) is 18.9 Å². The minimum Gasteiger partial charge on any atom is -0.482 e. The van der Waals surface area contributed by atoms with Crippen LogP contribution in [-0.2, 0) is 9.53 Å². The van der Waals surface area contributed by atoms with Gasteiger partial charge in [-0.2, -0.15) is 0 Å². The maximum Gasteiger partial charge on any atom is 0.344 e. The summed E-state index contributed by atoms with van der Waals surface area (Å²) in [6.07, 6.45) is -0.830. The first kappa shape index (κ1) is 19.0. The lowest BCUT2D eigenvalue weighted by atomic mass is 10.2. The number of halogens is 1. The van der Waals surface area contributed by atoms with Crippen LogP contribution in [0.5, 0.6) is 5.75 Å². The van der Waals surface area contributed by atoms with E-state index < -0.39 is 22.8 Å². The van der Waals surface area contributed by atoms with E-state index in [4.69, 9.17) is 13.9 Å². The monoisotopic (exact) mass is 387 g/mol. The van der Waals surface area contributed by atoms with Crippen molar-refractivity contribution in [3.63, 3.8) is 0 Å². The van der Waals surface area contributed by atoms with Gasteiger partial charge in [-0.05, 0) is 43.3 Å². The maximum atomic E-state index is 12.8. The van der Waals surface area contributed by atoms with E-state index >= 15 is 0 Å². The number of carbonyl (C=O) groups is 1. The Morgan fingerprint density at radius 1 is 1.18 bits per heavy atom. The number of non-ortho nitro benzene ring substituents is 1. The lowest BCUT2D eigenvalue weighted by Crippen LogP contribution is -2.17. The van der Waals surface area contributed by atoms with Crippen LogP contribution in [-0.4, -0.2) is 27.7 Å². The fraction of sp³-hybridized carbons (Fsp3) is 0.167. The molecule has 1 atom stereocenters. The fourth-order valence-electron chi connectivity index (χ4n) is 2.20. The van der Waals surface area contributed by atoms with Crippen LogP contribution in [0.15, 0.2) is 52.9 Å². The highest BCUT2D eigenvalue weighted by atomic mass is 19.1. The number of nitrogens with zero attached hydrogens (tertiary/aromatic N) is 3. The van der Waals surface area contributed by atoms with Crippen molar-refractivity contribution in [2.75, 3.05) is 6.61 Å². The number of carbonyl (C=O) groups excluding carboxylic acids is 1. The molecule has 3 rings (SSSR count). The van der Waals surface area contributed by atoms with Gasteiger partial charge < -0.3 is 13.9 Å². The molecule has 0 aliphatic heterocycles. The lowest BCUT2D eigenvalue weighted by molar-refractivity contribution is -0.384. The number of benzene rings is 2. The zero-order valence-corrected chi connectivity index (χ0v) is 14.6. The molecule has 28 heavy (non-hydrogen) atoms. The second kappa shape index (κ2) is 8.25. The van der Waals surface area contributed by atoms with E-state index in [1.165, 1.54) is 48.5 Å². The summed E-state index contributed by atoms with van der Waals surface area (Å²) in [5, 5.41) is 18.3. The Hall–Kier alpha value is -3.82. The Balaban J connectivity index is 1.57. The molecule has 0 radical (unpaired) electrons. The van der Waals surface area contributed by atoms with Crippen LogP contribution >= 0.6 is 0 Å². The first-order chi connectivity index (χ1) is 13.4. The minimum absolute atomic E-state index is 0.0588. The van der Waals surface area contributed by atoms with Crippen molar-refractivity contribution in [2.24, 2.45) is 0 Å². The molecule has 2 aromatic carbocycles. The van der Waals surface area contributed by atoms with Crippen LogP contribution in [0.4, 0.5) is 10.1 Å². The maximum absolute atomic E-state index is 12.8. The quantitative estimate of drug-likeness (QED) is 0.344. The average molecular weight is 387 g/mol. The molecule has 0 saturated heterocycles. The SMILES string of the molecule is C[C@H](OC(=O)COc1ccc(F)cc1)c1nnc(-c2ccc([N+](=O)[O-])cc2)o1. The molecular formula is C18H14FN3O6. The summed E-state index contributed by atoms with van der Waals surface area (Å²) in [7, 11) is 0. The largest absolute Gasteiger partial charge is 0.482 e. The predicted octanol–water partition coefficient (Wildman–Crippen LogP) is 3.47. The Kier molecular flexibility index (Phi) is 5.58. The molecule has 10 heteroatoms. The average Bonchev–Trinajstić information content (AvgIpc) is 3.18. The smallest absolute Gasteiger partial charge is 0.344 e. The predicted molar refractivity (Wildman–Crippen MR) is 92.8 cm³/mol. The summed E-state index contributed by atoms with van der Waals surface area (Å²) in [5.41, 5.74) is 0.425. The molecule has 144 valence electrons. The van der Waals surface area contributed by atoms with Gasteiger partial charge in [-0.1, -0.05) is 0 Å². The van der Waals surface area contributed by atoms with Crippen LogP contribution < -0.4 is 4.74 Å². The highest BCUT2D eigenvalue weighted by molar-refractivity contribution is 5.71. The van der Waals surface area contributed by atoms with E-state index in [1.807, 2.05) is 0 Å². The van der Waals surface area contributed by atoms with Crippen LogP contribution in [0.2, 0.25) is 0 Å². The molecule has 3 aromatic rings. The standard InChI is InChI=1S/C18H14FN3O6/c1-11(27-16(23)10-26-15-8-4-13(19)5-9-15)17-20-21-18(28-17)12-2-6-14(7-3-12)22(24)25/h2-9,11H,10H2,1H3/t11-/m0/s1. The van der Waals surface area contributed by atoms with Crippen molar-refractivity contribution in [2.45, 2.75) is 13.0 Å². The Bertz CT molecular complexity index is 972. The Labute approximate surface area is 157 Å². The number of nitro benzene ring substituents is 1. The number of rotatable bonds is 7. The van der Waals surface area contributed by atoms with Gasteiger partial charge in [-0.25, -0.2) is 9.18 Å². The molecule has 0 amide bonds. The van der Waals surface area contributed by atoms with E-state index in [0.29, 0.717) is 11.3 Å². The van der Waals surface area contributed by atoms with Crippen molar-refractivity contribution >= 4 is 11.7 Å². The molecule has 0 saturated carbocycles. The Morgan fingerprint density at radius 3 is 2.50 bits per heavy atom. The number of nitro groups is 1. The van der Waals surface area contributed by atoms with Gasteiger partial charge in [-0.3, -0.25) is 10.1 Å². The summed E-state index contributed by atoms with van der Waals surface area (Å²) in [5.74, 6) is -0.571. The van der Waals surface area contributed by atoms with Crippen molar-refractivity contribution in [1.82, 2.24) is 10.2 Å². The minimum atomic E-state index is -0.830. The van der Waals surface area contributed by atoms with Gasteiger partial charge in [0, 0.05) is 17.7 Å². The highest BCUT2D eigenvalue weighted by Crippen LogP contribution is 2.24. The molecule has 0 spiro atoms. The zero-order valence-electron chi connectivity index (χ0n) is 14.6. The van der Waals surface area contributed by atoms with E-state index in [9.17, 15) is 19.3 Å². The molecule has 0 N–H and O–H groups in total. The second-order valence-electron chi connectivity index (χ2n) is 5.62. The molecule has 1 heterocycles. The summed E-state index contributed by atoms with van der Waals surface area (Å²) in [6, 6.07) is 10.8. The molecule has 0 bridgehead atoms. The number of esters is 1. The van der Waals surface area contributed by atoms with Gasteiger partial charge in [0.25, 0.3) is 11.6 Å². The van der Waals surface area contributed by atoms with Gasteiger partial charge in [0.15, 0.2) is 12.7 Å². The van der Waals surface area contributed by atoms with Crippen LogP contribution in [0.25, 0.3) is 11.5 Å². The summed E-state index contributed by atoms with van der Waals surface area (Å²) < 4.78 is 28.6. The molecule has 1 aromatic heterocycles. The van der Waals surface area contributed by atoms with Gasteiger partial charge in [0.05, 0.1) is 4.92 Å². The summed E-state index contributed by atoms with van der Waals surface area (Å²) in [4.78, 5) is 22.0. The summed E-state index contributed by atoms with van der Waals surface area (Å²) in [6.45, 7) is 1.17.